The molecule has 3 heterocycles. The molecule has 6 nitrogen and oxygen atoms in total. The van der Waals surface area contributed by atoms with Gasteiger partial charge in [0.15, 0.2) is 5.82 Å². The van der Waals surface area contributed by atoms with Crippen molar-refractivity contribution in [2.24, 2.45) is 0 Å². The van der Waals surface area contributed by atoms with Crippen LogP contribution in [0.1, 0.15) is 25.3 Å². The second kappa shape index (κ2) is 8.29. The third-order valence-electron chi connectivity index (χ3n) is 6.49. The number of fused-ring (bicyclic) bond motifs is 1. The molecule has 170 valence electrons. The zero-order valence-corrected chi connectivity index (χ0v) is 19.5. The van der Waals surface area contributed by atoms with Crippen LogP contribution >= 0.6 is 11.3 Å². The van der Waals surface area contributed by atoms with Crippen LogP contribution in [0.5, 0.6) is 0 Å². The summed E-state index contributed by atoms with van der Waals surface area (Å²) >= 11 is 1.58. The molecular formula is C26H23FN6S. The molecule has 0 amide bonds. The lowest BCUT2D eigenvalue weighted by Gasteiger charge is -2.15. The first-order valence-electron chi connectivity index (χ1n) is 11.3. The molecule has 6 rings (SSSR count). The van der Waals surface area contributed by atoms with Gasteiger partial charge in [0, 0.05) is 17.4 Å². The third-order valence-corrected chi connectivity index (χ3v) is 7.68. The average Bonchev–Trinajstić information content (AvgIpc) is 3.24. The first kappa shape index (κ1) is 20.9. The fourth-order valence-corrected chi connectivity index (χ4v) is 5.53. The quantitative estimate of drug-likeness (QED) is 0.320. The lowest BCUT2D eigenvalue weighted by molar-refractivity contribution is 0.604. The van der Waals surface area contributed by atoms with Gasteiger partial charge in [-0.1, -0.05) is 54.6 Å². The molecule has 0 radical (unpaired) electrons. The molecule has 8 heteroatoms. The van der Waals surface area contributed by atoms with Gasteiger partial charge < -0.3 is 5.32 Å². The molecular weight excluding hydrogens is 447 g/mol. The Morgan fingerprint density at radius 3 is 2.79 bits per heavy atom. The highest BCUT2D eigenvalue weighted by atomic mass is 32.1. The van der Waals surface area contributed by atoms with E-state index < -0.39 is 5.82 Å². The normalized spacial score (nSPS) is 14.4. The summed E-state index contributed by atoms with van der Waals surface area (Å²) in [4.78, 5) is 9.39. The van der Waals surface area contributed by atoms with Crippen molar-refractivity contribution in [1.82, 2.24) is 25.0 Å². The lowest BCUT2D eigenvalue weighted by atomic mass is 9.89. The number of nitrogens with one attached hydrogen (secondary N) is 1. The molecule has 0 bridgehead atoms. The van der Waals surface area contributed by atoms with Gasteiger partial charge in [0.25, 0.3) is 0 Å². The Morgan fingerprint density at radius 1 is 1.12 bits per heavy atom. The van der Waals surface area contributed by atoms with Crippen LogP contribution in [0.3, 0.4) is 0 Å². The van der Waals surface area contributed by atoms with Gasteiger partial charge in [-0.25, -0.2) is 14.4 Å². The van der Waals surface area contributed by atoms with Crippen LogP contribution in [0.15, 0.2) is 67.1 Å². The van der Waals surface area contributed by atoms with Gasteiger partial charge in [0.05, 0.1) is 23.8 Å². The molecule has 0 spiro atoms. The number of hydrogen-bond acceptors (Lipinski definition) is 6. The molecule has 1 saturated carbocycles. The third kappa shape index (κ3) is 3.84. The molecule has 0 unspecified atom stereocenters. The van der Waals surface area contributed by atoms with E-state index in [-0.39, 0.29) is 5.41 Å². The van der Waals surface area contributed by atoms with E-state index in [1.54, 1.807) is 28.4 Å². The molecule has 34 heavy (non-hydrogen) atoms. The van der Waals surface area contributed by atoms with Gasteiger partial charge in [-0.2, -0.15) is 0 Å². The number of benzene rings is 2. The highest BCUT2D eigenvalue weighted by Crippen LogP contribution is 2.51. The highest BCUT2D eigenvalue weighted by Gasteiger charge is 2.40. The zero-order chi connectivity index (χ0) is 23.1. The van der Waals surface area contributed by atoms with Crippen molar-refractivity contribution in [2.45, 2.75) is 31.7 Å². The number of rotatable bonds is 7. The van der Waals surface area contributed by atoms with Gasteiger partial charge >= 0.3 is 0 Å². The maximum Gasteiger partial charge on any atom is 0.223 e. The SMILES string of the molecule is CC1(c2ccccc2-c2cccc3cc(-c4nc(NCCn5ccnn5)ncc4F)sc23)CC1. The highest BCUT2D eigenvalue weighted by molar-refractivity contribution is 7.22. The van der Waals surface area contributed by atoms with Crippen LogP contribution in [-0.2, 0) is 12.0 Å². The largest absolute Gasteiger partial charge is 0.352 e. The molecule has 3 aromatic heterocycles. The fraction of sp³-hybridized carbons (Fsp3) is 0.231. The lowest BCUT2D eigenvalue weighted by Crippen LogP contribution is -2.13. The number of halogens is 1. The van der Waals surface area contributed by atoms with Crippen molar-refractivity contribution in [3.05, 3.63) is 78.5 Å². The summed E-state index contributed by atoms with van der Waals surface area (Å²) in [5, 5.41) is 12.0. The number of aromatic nitrogens is 5. The number of hydrogen-bond donors (Lipinski definition) is 1. The Hall–Kier alpha value is -3.65. The summed E-state index contributed by atoms with van der Waals surface area (Å²) < 4.78 is 17.7. The molecule has 5 aromatic rings. The predicted octanol–water partition coefficient (Wildman–Crippen LogP) is 5.92. The van der Waals surface area contributed by atoms with E-state index in [4.69, 9.17) is 0 Å². The first-order valence-corrected chi connectivity index (χ1v) is 12.2. The molecule has 1 N–H and O–H groups in total. The maximum atomic E-state index is 14.8. The molecule has 0 atom stereocenters. The second-order valence-electron chi connectivity index (χ2n) is 8.92. The molecule has 1 fully saturated rings. The van der Waals surface area contributed by atoms with Gasteiger partial charge in [-0.3, -0.25) is 4.68 Å². The van der Waals surface area contributed by atoms with Gasteiger partial charge in [0.1, 0.15) is 5.69 Å². The molecule has 0 aliphatic heterocycles. The van der Waals surface area contributed by atoms with Crippen LogP contribution < -0.4 is 5.32 Å². The summed E-state index contributed by atoms with van der Waals surface area (Å²) in [6, 6.07) is 17.0. The Labute approximate surface area is 200 Å². The van der Waals surface area contributed by atoms with Crippen molar-refractivity contribution >= 4 is 27.4 Å². The zero-order valence-electron chi connectivity index (χ0n) is 18.7. The minimum absolute atomic E-state index is 0.254. The number of nitrogens with zero attached hydrogens (tertiary/aromatic N) is 5. The van der Waals surface area contributed by atoms with E-state index >= 15 is 0 Å². The standard InChI is InChI=1S/C26H23FN6S/c1-26(9-10-26)20-8-3-2-6-18(20)19-7-4-5-17-15-22(34-24(17)19)23-21(27)16-29-25(31-23)28-11-13-33-14-12-30-32-33/h2-8,12,14-16H,9-11,13H2,1H3,(H,28,29,31). The molecule has 1 aliphatic carbocycles. The van der Waals surface area contributed by atoms with Crippen LogP contribution in [0.25, 0.3) is 31.8 Å². The Morgan fingerprint density at radius 2 is 1.97 bits per heavy atom. The minimum atomic E-state index is -0.430. The van der Waals surface area contributed by atoms with Crippen LogP contribution in [-0.4, -0.2) is 31.5 Å². The Bertz CT molecular complexity index is 1470. The van der Waals surface area contributed by atoms with Gasteiger partial charge in [0.2, 0.25) is 5.95 Å². The summed E-state index contributed by atoms with van der Waals surface area (Å²) in [6.07, 6.45) is 7.08. The number of anilines is 1. The van der Waals surface area contributed by atoms with E-state index in [0.717, 1.165) is 15.0 Å². The summed E-state index contributed by atoms with van der Waals surface area (Å²) in [6.45, 7) is 3.50. The van der Waals surface area contributed by atoms with E-state index in [1.807, 2.05) is 6.07 Å². The van der Waals surface area contributed by atoms with E-state index in [2.05, 4.69) is 75.0 Å². The summed E-state index contributed by atoms with van der Waals surface area (Å²) in [7, 11) is 0. The average molecular weight is 471 g/mol. The van der Waals surface area contributed by atoms with Crippen LogP contribution in [0, 0.1) is 5.82 Å². The van der Waals surface area contributed by atoms with Gasteiger partial charge in [-0.15, -0.1) is 16.4 Å². The van der Waals surface area contributed by atoms with E-state index in [1.165, 1.54) is 35.7 Å². The van der Waals surface area contributed by atoms with Crippen LogP contribution in [0.2, 0.25) is 0 Å². The van der Waals surface area contributed by atoms with E-state index in [0.29, 0.717) is 24.7 Å². The van der Waals surface area contributed by atoms with Crippen molar-refractivity contribution < 1.29 is 4.39 Å². The van der Waals surface area contributed by atoms with Gasteiger partial charge in [-0.05, 0) is 46.4 Å². The fourth-order valence-electron chi connectivity index (χ4n) is 4.35. The minimum Gasteiger partial charge on any atom is -0.352 e. The van der Waals surface area contributed by atoms with Crippen LogP contribution in [0.4, 0.5) is 10.3 Å². The predicted molar refractivity (Wildman–Crippen MR) is 133 cm³/mol. The number of thiophene rings is 1. The van der Waals surface area contributed by atoms with Crippen molar-refractivity contribution in [2.75, 3.05) is 11.9 Å². The molecule has 0 saturated heterocycles. The summed E-state index contributed by atoms with van der Waals surface area (Å²) in [5.41, 5.74) is 4.42. The molecule has 1 aliphatic rings. The smallest absolute Gasteiger partial charge is 0.223 e. The van der Waals surface area contributed by atoms with Crippen molar-refractivity contribution in [3.63, 3.8) is 0 Å². The monoisotopic (exact) mass is 470 g/mol. The topological polar surface area (TPSA) is 68.5 Å². The Balaban J connectivity index is 1.35. The Kier molecular flexibility index (Phi) is 5.10. The van der Waals surface area contributed by atoms with Crippen molar-refractivity contribution in [3.8, 4) is 21.7 Å². The first-order chi connectivity index (χ1) is 16.6. The maximum absolute atomic E-state index is 14.8. The molecule has 2 aromatic carbocycles. The van der Waals surface area contributed by atoms with E-state index in [9.17, 15) is 4.39 Å². The second-order valence-corrected chi connectivity index (χ2v) is 9.98. The summed E-state index contributed by atoms with van der Waals surface area (Å²) in [5.74, 6) is -0.0398. The van der Waals surface area contributed by atoms with Crippen molar-refractivity contribution in [1.29, 1.82) is 0 Å².